The number of Topliss-reactive ketones (excluding diaryl/α,β-unsaturated/α-hetero) is 1. The van der Waals surface area contributed by atoms with Crippen molar-refractivity contribution in [1.82, 2.24) is 0 Å². The van der Waals surface area contributed by atoms with Gasteiger partial charge in [-0.15, -0.1) is 0 Å². The van der Waals surface area contributed by atoms with Gasteiger partial charge in [0.25, 0.3) is 0 Å². The Kier molecular flexibility index (Phi) is 5.84. The lowest BCUT2D eigenvalue weighted by Crippen LogP contribution is -2.37. The summed E-state index contributed by atoms with van der Waals surface area (Å²) in [7, 11) is -3.12. The fraction of sp³-hybridized carbons (Fsp3) is 0.571. The molecule has 0 unspecified atom stereocenters. The van der Waals surface area contributed by atoms with Gasteiger partial charge < -0.3 is 4.90 Å². The van der Waals surface area contributed by atoms with E-state index in [-0.39, 0.29) is 34.5 Å². The van der Waals surface area contributed by atoms with Crippen LogP contribution in [0.1, 0.15) is 55.8 Å². The summed E-state index contributed by atoms with van der Waals surface area (Å²) in [4.78, 5) is 30.8. The van der Waals surface area contributed by atoms with E-state index >= 15 is 0 Å². The number of rotatable bonds is 4. The number of benzene rings is 1. The largest absolute Gasteiger partial charge is 0.316 e. The van der Waals surface area contributed by atoms with E-state index in [0.29, 0.717) is 23.1 Å². The highest BCUT2D eigenvalue weighted by Gasteiger charge is 2.49. The molecule has 0 bridgehead atoms. The van der Waals surface area contributed by atoms with Crippen LogP contribution >= 0.6 is 11.8 Å². The molecule has 1 amide bonds. The molecule has 156 valence electrons. The lowest BCUT2D eigenvalue weighted by Gasteiger charge is -2.25. The van der Waals surface area contributed by atoms with Gasteiger partial charge in [0.05, 0.1) is 17.5 Å². The average molecular weight is 435 g/mol. The van der Waals surface area contributed by atoms with Crippen LogP contribution in [0, 0.1) is 5.92 Å². The van der Waals surface area contributed by atoms with Gasteiger partial charge in [-0.25, -0.2) is 8.42 Å². The molecule has 2 aliphatic heterocycles. The van der Waals surface area contributed by atoms with E-state index in [2.05, 4.69) is 4.99 Å². The van der Waals surface area contributed by atoms with Crippen molar-refractivity contribution in [2.75, 3.05) is 16.4 Å². The molecule has 29 heavy (non-hydrogen) atoms. The topological polar surface area (TPSA) is 83.9 Å². The minimum Gasteiger partial charge on any atom is -0.316 e. The summed E-state index contributed by atoms with van der Waals surface area (Å²) in [6.07, 6.45) is 6.21. The number of thioether (sulfide) groups is 1. The zero-order chi connectivity index (χ0) is 20.6. The molecule has 2 saturated heterocycles. The van der Waals surface area contributed by atoms with E-state index in [0.717, 1.165) is 18.5 Å². The van der Waals surface area contributed by atoms with Gasteiger partial charge in [-0.1, -0.05) is 43.2 Å². The van der Waals surface area contributed by atoms with Gasteiger partial charge in [0, 0.05) is 22.9 Å². The van der Waals surface area contributed by atoms with E-state index < -0.39 is 9.84 Å². The number of anilines is 1. The molecule has 1 saturated carbocycles. The highest BCUT2D eigenvalue weighted by molar-refractivity contribution is 8.16. The van der Waals surface area contributed by atoms with Crippen LogP contribution in [0.4, 0.5) is 5.69 Å². The number of amidine groups is 1. The summed E-state index contributed by atoms with van der Waals surface area (Å²) < 4.78 is 24.4. The van der Waals surface area contributed by atoms with Gasteiger partial charge in [-0.3, -0.25) is 9.59 Å². The van der Waals surface area contributed by atoms with Crippen molar-refractivity contribution in [3.05, 3.63) is 29.8 Å². The number of hydrogen-bond donors (Lipinski definition) is 0. The van der Waals surface area contributed by atoms with Crippen molar-refractivity contribution in [2.45, 2.75) is 56.7 Å². The standard InChI is InChI=1S/C21H26N2O4S2/c1-14(24)16-8-5-9-17(11-16)23-18-12-29(26,27)13-19(18)28-21(23)22-20(25)10-15-6-3-2-4-7-15/h5,8-9,11,15,18-19H,2-4,6-7,10,12-13H2,1H3/t18-,19+/m1/s1. The number of nitrogens with zero attached hydrogens (tertiary/aromatic N) is 2. The van der Waals surface area contributed by atoms with E-state index in [1.54, 1.807) is 18.2 Å². The number of carbonyl (C=O) groups is 2. The molecule has 2 atom stereocenters. The number of ketones is 1. The third-order valence-corrected chi connectivity index (χ3v) is 9.22. The van der Waals surface area contributed by atoms with Crippen LogP contribution < -0.4 is 4.90 Å². The van der Waals surface area contributed by atoms with E-state index in [1.807, 2.05) is 11.0 Å². The molecule has 4 rings (SSSR count). The maximum absolute atomic E-state index is 12.7. The molecule has 0 N–H and O–H groups in total. The van der Waals surface area contributed by atoms with Gasteiger partial charge in [0.15, 0.2) is 20.8 Å². The van der Waals surface area contributed by atoms with Crippen LogP contribution in [-0.4, -0.2) is 48.1 Å². The first-order valence-corrected chi connectivity index (χ1v) is 12.9. The second-order valence-electron chi connectivity index (χ2n) is 8.27. The normalized spacial score (nSPS) is 27.9. The molecule has 0 aromatic heterocycles. The third kappa shape index (κ3) is 4.58. The summed E-state index contributed by atoms with van der Waals surface area (Å²) in [5.74, 6) is 0.365. The van der Waals surface area contributed by atoms with Crippen LogP contribution in [0.5, 0.6) is 0 Å². The number of sulfone groups is 1. The molecule has 3 aliphatic rings. The van der Waals surface area contributed by atoms with Crippen molar-refractivity contribution >= 4 is 44.1 Å². The molecule has 1 aromatic rings. The first kappa shape index (κ1) is 20.6. The molecule has 0 spiro atoms. The number of carbonyl (C=O) groups excluding carboxylic acids is 2. The van der Waals surface area contributed by atoms with Gasteiger partial charge in [0.1, 0.15) is 0 Å². The van der Waals surface area contributed by atoms with E-state index in [4.69, 9.17) is 0 Å². The maximum Gasteiger partial charge on any atom is 0.248 e. The highest BCUT2D eigenvalue weighted by atomic mass is 32.2. The van der Waals surface area contributed by atoms with Crippen molar-refractivity contribution in [3.63, 3.8) is 0 Å². The van der Waals surface area contributed by atoms with Gasteiger partial charge in [-0.2, -0.15) is 4.99 Å². The third-order valence-electron chi connectivity index (χ3n) is 6.01. The number of fused-ring (bicyclic) bond motifs is 1. The quantitative estimate of drug-likeness (QED) is 0.675. The molecule has 0 radical (unpaired) electrons. The van der Waals surface area contributed by atoms with Crippen LogP contribution in [0.2, 0.25) is 0 Å². The Morgan fingerprint density at radius 2 is 1.93 bits per heavy atom. The first-order valence-electron chi connectivity index (χ1n) is 10.2. The molecule has 1 aliphatic carbocycles. The molecule has 3 fully saturated rings. The summed E-state index contributed by atoms with van der Waals surface area (Å²) in [5, 5.41) is 0.429. The Bertz CT molecular complexity index is 951. The smallest absolute Gasteiger partial charge is 0.248 e. The summed E-state index contributed by atoms with van der Waals surface area (Å²) in [6, 6.07) is 6.88. The Morgan fingerprint density at radius 1 is 1.17 bits per heavy atom. The van der Waals surface area contributed by atoms with E-state index in [1.165, 1.54) is 37.9 Å². The number of aliphatic imine (C=N–C) groups is 1. The maximum atomic E-state index is 12.7. The molecule has 1 aromatic carbocycles. The summed E-state index contributed by atoms with van der Waals surface area (Å²) in [6.45, 7) is 1.50. The Balaban J connectivity index is 1.62. The molecule has 6 nitrogen and oxygen atoms in total. The zero-order valence-corrected chi connectivity index (χ0v) is 18.2. The fourth-order valence-corrected chi connectivity index (χ4v) is 8.46. The summed E-state index contributed by atoms with van der Waals surface area (Å²) >= 11 is 1.38. The Morgan fingerprint density at radius 3 is 2.66 bits per heavy atom. The Hall–Kier alpha value is -1.67. The van der Waals surface area contributed by atoms with E-state index in [9.17, 15) is 18.0 Å². The van der Waals surface area contributed by atoms with Crippen LogP contribution in [0.3, 0.4) is 0 Å². The number of amides is 1. The molecular formula is C21H26N2O4S2. The van der Waals surface area contributed by atoms with Crippen LogP contribution in [-0.2, 0) is 14.6 Å². The second kappa shape index (κ2) is 8.22. The zero-order valence-electron chi connectivity index (χ0n) is 16.5. The lowest BCUT2D eigenvalue weighted by atomic mass is 9.87. The van der Waals surface area contributed by atoms with Crippen molar-refractivity contribution in [1.29, 1.82) is 0 Å². The summed E-state index contributed by atoms with van der Waals surface area (Å²) in [5.41, 5.74) is 1.28. The molecule has 2 heterocycles. The van der Waals surface area contributed by atoms with Gasteiger partial charge >= 0.3 is 0 Å². The average Bonchev–Trinajstić information content (AvgIpc) is 3.13. The van der Waals surface area contributed by atoms with Gasteiger partial charge in [0.2, 0.25) is 5.91 Å². The molecule has 8 heteroatoms. The molecular weight excluding hydrogens is 408 g/mol. The van der Waals surface area contributed by atoms with Crippen molar-refractivity contribution in [3.8, 4) is 0 Å². The van der Waals surface area contributed by atoms with Crippen LogP contribution in [0.25, 0.3) is 0 Å². The van der Waals surface area contributed by atoms with Crippen LogP contribution in [0.15, 0.2) is 29.3 Å². The fourth-order valence-electron chi connectivity index (χ4n) is 4.53. The number of hydrogen-bond acceptors (Lipinski definition) is 5. The predicted molar refractivity (Wildman–Crippen MR) is 116 cm³/mol. The monoisotopic (exact) mass is 434 g/mol. The SMILES string of the molecule is CC(=O)c1cccc(N2C(=NC(=O)CC3CCCCC3)S[C@H]3CS(=O)(=O)C[C@H]32)c1. The minimum absolute atomic E-state index is 0.0464. The second-order valence-corrected chi connectivity index (χ2v) is 11.6. The lowest BCUT2D eigenvalue weighted by molar-refractivity contribution is -0.118. The van der Waals surface area contributed by atoms with Crippen molar-refractivity contribution < 1.29 is 18.0 Å². The predicted octanol–water partition coefficient (Wildman–Crippen LogP) is 3.46. The first-order chi connectivity index (χ1) is 13.8. The van der Waals surface area contributed by atoms with Crippen molar-refractivity contribution in [2.24, 2.45) is 10.9 Å². The van der Waals surface area contributed by atoms with Gasteiger partial charge in [-0.05, 0) is 37.8 Å². The highest BCUT2D eigenvalue weighted by Crippen LogP contribution is 2.41. The minimum atomic E-state index is -3.12. The Labute approximate surface area is 176 Å².